The van der Waals surface area contributed by atoms with Gasteiger partial charge in [0, 0.05) is 5.56 Å². The lowest BCUT2D eigenvalue weighted by Crippen LogP contribution is -2.48. The van der Waals surface area contributed by atoms with Crippen molar-refractivity contribution in [2.75, 3.05) is 13.7 Å². The molecule has 0 spiro atoms. The molecule has 0 amide bonds. The number of rotatable bonds is 12. The van der Waals surface area contributed by atoms with E-state index in [1.165, 1.54) is 85.8 Å². The highest BCUT2D eigenvalue weighted by Crippen LogP contribution is 2.62. The van der Waals surface area contributed by atoms with Gasteiger partial charge in [-0.25, -0.2) is 4.79 Å². The maximum Gasteiger partial charge on any atom is 0.338 e. The van der Waals surface area contributed by atoms with E-state index in [1.54, 1.807) is 0 Å². The first-order chi connectivity index (χ1) is 20.4. The molecule has 224 valence electrons. The van der Waals surface area contributed by atoms with E-state index in [1.807, 2.05) is 19.2 Å². The number of esters is 1. The molecule has 0 radical (unpaired) electrons. The number of carbonyl (C=O) groups excluding carboxylic acids is 1. The van der Waals surface area contributed by atoms with Crippen LogP contribution in [-0.2, 0) is 10.2 Å². The Bertz CT molecular complexity index is 1380. The molecular formula is C38H50O3Si. The molecule has 3 aromatic rings. The van der Waals surface area contributed by atoms with Gasteiger partial charge in [-0.15, -0.1) is 0 Å². The average molecular weight is 583 g/mol. The van der Waals surface area contributed by atoms with Gasteiger partial charge < -0.3 is 9.47 Å². The Morgan fingerprint density at radius 2 is 1.38 bits per heavy atom. The molecule has 42 heavy (non-hydrogen) atoms. The first-order valence-electron chi connectivity index (χ1n) is 16.8. The Balaban J connectivity index is 1.15. The van der Waals surface area contributed by atoms with Crippen molar-refractivity contribution in [1.82, 2.24) is 0 Å². The number of fused-ring (bicyclic) bond motifs is 1. The van der Waals surface area contributed by atoms with Gasteiger partial charge in [-0.1, -0.05) is 75.6 Å². The van der Waals surface area contributed by atoms with Crippen LogP contribution in [-0.4, -0.2) is 27.8 Å². The van der Waals surface area contributed by atoms with E-state index in [-0.39, 0.29) is 11.4 Å². The average Bonchev–Trinajstić information content (AvgIpc) is 3.01. The van der Waals surface area contributed by atoms with Crippen LogP contribution in [0.2, 0.25) is 24.2 Å². The zero-order chi connectivity index (χ0) is 29.3. The van der Waals surface area contributed by atoms with Crippen molar-refractivity contribution in [2.45, 2.75) is 102 Å². The molecule has 4 bridgehead atoms. The molecule has 4 fully saturated rings. The predicted molar refractivity (Wildman–Crippen MR) is 177 cm³/mol. The summed E-state index contributed by atoms with van der Waals surface area (Å²) in [4.78, 5) is 12.8. The number of unbranched alkanes of at least 4 members (excludes halogenated alkanes) is 1. The van der Waals surface area contributed by atoms with E-state index in [9.17, 15) is 4.79 Å². The van der Waals surface area contributed by atoms with Crippen molar-refractivity contribution >= 4 is 24.8 Å². The minimum absolute atomic E-state index is 0.207. The summed E-state index contributed by atoms with van der Waals surface area (Å²) in [5, 5.41) is 2.23. The molecule has 3 aromatic carbocycles. The number of carbonyl (C=O) groups is 1. The summed E-state index contributed by atoms with van der Waals surface area (Å²) in [7, 11) is 0.739. The van der Waals surface area contributed by atoms with Crippen LogP contribution >= 0.6 is 0 Å². The summed E-state index contributed by atoms with van der Waals surface area (Å²) >= 11 is 0. The van der Waals surface area contributed by atoms with Crippen molar-refractivity contribution in [1.29, 1.82) is 0 Å². The second kappa shape index (κ2) is 12.2. The fraction of sp³-hybridized carbons (Fsp3) is 0.553. The van der Waals surface area contributed by atoms with Crippen LogP contribution in [0.25, 0.3) is 21.9 Å². The number of hydrogen-bond acceptors (Lipinski definition) is 3. The SMILES string of the molecule is CC[Si](CC)(CC)CCCCOC(=O)c1ccc2cc(-c3ccc(OC)c(C45CC6CC(CC(C6)C4)C5)c3)ccc2c1. The van der Waals surface area contributed by atoms with E-state index >= 15 is 0 Å². The Labute approximate surface area is 254 Å². The van der Waals surface area contributed by atoms with Gasteiger partial charge in [0.25, 0.3) is 0 Å². The molecular weight excluding hydrogens is 533 g/mol. The Kier molecular flexibility index (Phi) is 8.55. The van der Waals surface area contributed by atoms with Crippen molar-refractivity contribution < 1.29 is 14.3 Å². The quantitative estimate of drug-likeness (QED) is 0.121. The van der Waals surface area contributed by atoms with Gasteiger partial charge in [0.1, 0.15) is 5.75 Å². The molecule has 0 heterocycles. The van der Waals surface area contributed by atoms with Crippen LogP contribution in [0, 0.1) is 17.8 Å². The zero-order valence-electron chi connectivity index (χ0n) is 26.3. The summed E-state index contributed by atoms with van der Waals surface area (Å²) < 4.78 is 11.6. The highest BCUT2D eigenvalue weighted by molar-refractivity contribution is 6.79. The third kappa shape index (κ3) is 5.68. The van der Waals surface area contributed by atoms with Gasteiger partial charge in [-0.3, -0.25) is 0 Å². The molecule has 3 nitrogen and oxygen atoms in total. The van der Waals surface area contributed by atoms with E-state index in [0.717, 1.165) is 40.7 Å². The number of benzene rings is 3. The van der Waals surface area contributed by atoms with Gasteiger partial charge in [0.2, 0.25) is 0 Å². The van der Waals surface area contributed by atoms with Crippen molar-refractivity contribution in [2.24, 2.45) is 17.8 Å². The van der Waals surface area contributed by atoms with E-state index in [2.05, 4.69) is 63.2 Å². The van der Waals surface area contributed by atoms with Crippen molar-refractivity contribution in [3.8, 4) is 16.9 Å². The van der Waals surface area contributed by atoms with Gasteiger partial charge in [-0.2, -0.15) is 0 Å². The predicted octanol–water partition coefficient (Wildman–Crippen LogP) is 10.4. The van der Waals surface area contributed by atoms with E-state index in [0.29, 0.717) is 12.2 Å². The van der Waals surface area contributed by atoms with E-state index < -0.39 is 8.07 Å². The molecule has 0 aromatic heterocycles. The third-order valence-electron chi connectivity index (χ3n) is 11.8. The summed E-state index contributed by atoms with van der Waals surface area (Å²) in [6.07, 6.45) is 10.5. The van der Waals surface area contributed by atoms with Crippen LogP contribution in [0.5, 0.6) is 5.75 Å². The minimum atomic E-state index is -1.09. The Hall–Kier alpha value is -2.59. The van der Waals surface area contributed by atoms with Gasteiger partial charge in [-0.05, 0) is 120 Å². The van der Waals surface area contributed by atoms with Crippen LogP contribution < -0.4 is 4.74 Å². The van der Waals surface area contributed by atoms with Crippen LogP contribution in [0.3, 0.4) is 0 Å². The number of ether oxygens (including phenoxy) is 2. The molecule has 0 N–H and O–H groups in total. The molecule has 0 unspecified atom stereocenters. The molecule has 0 aliphatic heterocycles. The molecule has 4 aliphatic rings. The fourth-order valence-corrected chi connectivity index (χ4v) is 13.0. The lowest BCUT2D eigenvalue weighted by atomic mass is 9.48. The summed E-state index contributed by atoms with van der Waals surface area (Å²) in [5.41, 5.74) is 4.84. The van der Waals surface area contributed by atoms with Crippen LogP contribution in [0.4, 0.5) is 0 Å². The summed E-state index contributed by atoms with van der Waals surface area (Å²) in [5.74, 6) is 3.55. The van der Waals surface area contributed by atoms with E-state index in [4.69, 9.17) is 9.47 Å². The molecule has 7 rings (SSSR count). The third-order valence-corrected chi connectivity index (χ3v) is 17.7. The molecule has 4 saturated carbocycles. The molecule has 4 heteroatoms. The van der Waals surface area contributed by atoms with Crippen LogP contribution in [0.15, 0.2) is 54.6 Å². The van der Waals surface area contributed by atoms with Gasteiger partial charge in [0.15, 0.2) is 0 Å². The van der Waals surface area contributed by atoms with Gasteiger partial charge >= 0.3 is 5.97 Å². The maximum atomic E-state index is 12.8. The standard InChI is InChI=1S/C38H50O3Si/c1-5-42(6-2,7-3)17-9-8-16-41-37(39)34-13-12-30-21-31(10-11-32(30)22-34)33-14-15-36(40-4)35(23-33)38-24-27-18-28(25-38)20-29(19-27)26-38/h10-15,21-23,27-29H,5-9,16-20,24-26H2,1-4H3. The summed E-state index contributed by atoms with van der Waals surface area (Å²) in [6, 6.07) is 24.9. The second-order valence-corrected chi connectivity index (χ2v) is 19.7. The normalized spacial score (nSPS) is 24.7. The maximum absolute atomic E-state index is 12.8. The lowest BCUT2D eigenvalue weighted by molar-refractivity contribution is -0.00613. The molecule has 0 atom stereocenters. The van der Waals surface area contributed by atoms with Gasteiger partial charge in [0.05, 0.1) is 27.4 Å². The van der Waals surface area contributed by atoms with Crippen molar-refractivity contribution in [3.63, 3.8) is 0 Å². The topological polar surface area (TPSA) is 35.5 Å². The number of hydrogen-bond donors (Lipinski definition) is 0. The highest BCUT2D eigenvalue weighted by atomic mass is 28.3. The Morgan fingerprint density at radius 1 is 0.786 bits per heavy atom. The minimum Gasteiger partial charge on any atom is -0.496 e. The molecule has 4 aliphatic carbocycles. The smallest absolute Gasteiger partial charge is 0.338 e. The van der Waals surface area contributed by atoms with Crippen molar-refractivity contribution in [3.05, 3.63) is 65.7 Å². The largest absolute Gasteiger partial charge is 0.496 e. The first kappa shape index (κ1) is 29.5. The Morgan fingerprint density at radius 3 is 2.02 bits per heavy atom. The van der Waals surface area contributed by atoms with Crippen LogP contribution in [0.1, 0.15) is 88.1 Å². The second-order valence-electron chi connectivity index (χ2n) is 14.0. The highest BCUT2D eigenvalue weighted by Gasteiger charge is 2.52. The lowest BCUT2D eigenvalue weighted by Gasteiger charge is -2.57. The monoisotopic (exact) mass is 582 g/mol. The zero-order valence-corrected chi connectivity index (χ0v) is 27.3. The fourth-order valence-electron chi connectivity index (χ4n) is 9.43. The first-order valence-corrected chi connectivity index (χ1v) is 19.6. The number of methoxy groups -OCH3 is 1. The molecule has 0 saturated heterocycles. The summed E-state index contributed by atoms with van der Waals surface area (Å²) in [6.45, 7) is 7.60.